The van der Waals surface area contributed by atoms with E-state index in [1.807, 2.05) is 48.5 Å². The molecule has 2 heterocycles. The molecule has 26 heavy (non-hydrogen) atoms. The molecular weight excluding hydrogens is 322 g/mol. The van der Waals surface area contributed by atoms with E-state index in [4.69, 9.17) is 4.99 Å². The normalized spacial score (nSPS) is 18.2. The fourth-order valence-electron chi connectivity index (χ4n) is 3.91. The van der Waals surface area contributed by atoms with Crippen LogP contribution in [0.25, 0.3) is 10.8 Å². The molecule has 0 bridgehead atoms. The van der Waals surface area contributed by atoms with E-state index in [2.05, 4.69) is 22.8 Å². The number of carbonyl (C=O) groups excluding carboxylic acids is 1. The predicted octanol–water partition coefficient (Wildman–Crippen LogP) is 4.26. The first-order chi connectivity index (χ1) is 12.8. The van der Waals surface area contributed by atoms with Gasteiger partial charge in [0.15, 0.2) is 0 Å². The van der Waals surface area contributed by atoms with Crippen molar-refractivity contribution in [3.63, 3.8) is 0 Å². The largest absolute Gasteiger partial charge is 0.322 e. The molecule has 1 atom stereocenters. The van der Waals surface area contributed by atoms with E-state index in [0.717, 1.165) is 36.3 Å². The van der Waals surface area contributed by atoms with Crippen molar-refractivity contribution in [3.05, 3.63) is 71.8 Å². The van der Waals surface area contributed by atoms with E-state index in [1.54, 1.807) is 0 Å². The maximum Gasteiger partial charge on any atom is 0.255 e. The molecule has 2 N–H and O–H groups in total. The summed E-state index contributed by atoms with van der Waals surface area (Å²) in [6.45, 7) is 1.84. The number of piperidine rings is 1. The molecule has 0 spiro atoms. The Morgan fingerprint density at radius 2 is 1.92 bits per heavy atom. The molecule has 0 aromatic heterocycles. The molecule has 1 amide bonds. The number of nitrogens with one attached hydrogen (secondary N) is 2. The van der Waals surface area contributed by atoms with E-state index in [1.165, 1.54) is 16.7 Å². The average Bonchev–Trinajstić information content (AvgIpc) is 3.06. The SMILES string of the molecule is O=C(Nc1ccc2ccccc2c1)c1ccc2c(c1)C1CCNCC1=N2. The number of anilines is 1. The third-order valence-electron chi connectivity index (χ3n) is 5.25. The fraction of sp³-hybridized carbons (Fsp3) is 0.182. The Kier molecular flexibility index (Phi) is 3.57. The number of benzene rings is 3. The van der Waals surface area contributed by atoms with Crippen LogP contribution >= 0.6 is 0 Å². The van der Waals surface area contributed by atoms with Gasteiger partial charge in [0.2, 0.25) is 0 Å². The van der Waals surface area contributed by atoms with Crippen molar-refractivity contribution in [1.82, 2.24) is 5.32 Å². The third kappa shape index (κ3) is 2.59. The number of hydrogen-bond acceptors (Lipinski definition) is 3. The van der Waals surface area contributed by atoms with Crippen molar-refractivity contribution in [3.8, 4) is 0 Å². The molecule has 0 radical (unpaired) electrons. The van der Waals surface area contributed by atoms with Gasteiger partial charge in [-0.2, -0.15) is 0 Å². The van der Waals surface area contributed by atoms with E-state index < -0.39 is 0 Å². The van der Waals surface area contributed by atoms with Gasteiger partial charge in [-0.05, 0) is 59.6 Å². The molecule has 5 rings (SSSR count). The first kappa shape index (κ1) is 15.3. The smallest absolute Gasteiger partial charge is 0.255 e. The lowest BCUT2D eigenvalue weighted by atomic mass is 9.89. The standard InChI is InChI=1S/C22H19N3O/c26-22(24-17-7-5-14-3-1-2-4-15(14)11-17)16-6-8-20-19(12-16)18-9-10-23-13-21(18)25-20/h1-8,11-12,18,23H,9-10,13H2,(H,24,26). The average molecular weight is 341 g/mol. The van der Waals surface area contributed by atoms with Gasteiger partial charge >= 0.3 is 0 Å². The summed E-state index contributed by atoms with van der Waals surface area (Å²) >= 11 is 0. The van der Waals surface area contributed by atoms with Crippen LogP contribution in [0.2, 0.25) is 0 Å². The number of nitrogens with zero attached hydrogens (tertiary/aromatic N) is 1. The van der Waals surface area contributed by atoms with Crippen LogP contribution in [0.5, 0.6) is 0 Å². The summed E-state index contributed by atoms with van der Waals surface area (Å²) in [5.41, 5.74) is 4.89. The maximum absolute atomic E-state index is 12.7. The Morgan fingerprint density at radius 1 is 1.04 bits per heavy atom. The molecule has 3 aromatic carbocycles. The van der Waals surface area contributed by atoms with Gasteiger partial charge in [-0.15, -0.1) is 0 Å². The topological polar surface area (TPSA) is 53.5 Å². The molecule has 1 fully saturated rings. The predicted molar refractivity (Wildman–Crippen MR) is 106 cm³/mol. The van der Waals surface area contributed by atoms with Crippen molar-refractivity contribution in [2.45, 2.75) is 12.3 Å². The van der Waals surface area contributed by atoms with Gasteiger partial charge in [0, 0.05) is 29.4 Å². The molecule has 2 aliphatic heterocycles. The molecular formula is C22H19N3O. The van der Waals surface area contributed by atoms with Crippen molar-refractivity contribution in [1.29, 1.82) is 0 Å². The molecule has 3 aromatic rings. The minimum absolute atomic E-state index is 0.0783. The van der Waals surface area contributed by atoms with Gasteiger partial charge in [-0.25, -0.2) is 0 Å². The minimum Gasteiger partial charge on any atom is -0.322 e. The number of aliphatic imine (C=N–C) groups is 1. The van der Waals surface area contributed by atoms with Crippen molar-refractivity contribution in [2.75, 3.05) is 18.4 Å². The van der Waals surface area contributed by atoms with E-state index in [9.17, 15) is 4.79 Å². The van der Waals surface area contributed by atoms with Crippen LogP contribution in [-0.2, 0) is 0 Å². The molecule has 0 aliphatic carbocycles. The fourth-order valence-corrected chi connectivity index (χ4v) is 3.91. The third-order valence-corrected chi connectivity index (χ3v) is 5.25. The summed E-state index contributed by atoms with van der Waals surface area (Å²) in [6.07, 6.45) is 1.04. The van der Waals surface area contributed by atoms with Gasteiger partial charge in [-0.3, -0.25) is 9.79 Å². The number of carbonyl (C=O) groups is 1. The van der Waals surface area contributed by atoms with Gasteiger partial charge in [0.05, 0.1) is 5.69 Å². The number of hydrogen-bond donors (Lipinski definition) is 2. The lowest BCUT2D eigenvalue weighted by Gasteiger charge is -2.21. The van der Waals surface area contributed by atoms with Crippen LogP contribution < -0.4 is 10.6 Å². The Bertz CT molecular complexity index is 1050. The summed E-state index contributed by atoms with van der Waals surface area (Å²) in [7, 11) is 0. The Morgan fingerprint density at radius 3 is 2.85 bits per heavy atom. The van der Waals surface area contributed by atoms with Crippen molar-refractivity contribution in [2.24, 2.45) is 4.99 Å². The van der Waals surface area contributed by atoms with Gasteiger partial charge in [-0.1, -0.05) is 30.3 Å². The van der Waals surface area contributed by atoms with Gasteiger partial charge in [0.1, 0.15) is 0 Å². The van der Waals surface area contributed by atoms with Crippen LogP contribution in [0.4, 0.5) is 11.4 Å². The highest BCUT2D eigenvalue weighted by atomic mass is 16.1. The van der Waals surface area contributed by atoms with Crippen molar-refractivity contribution < 1.29 is 4.79 Å². The zero-order chi connectivity index (χ0) is 17.5. The molecule has 128 valence electrons. The van der Waals surface area contributed by atoms with Crippen molar-refractivity contribution >= 4 is 33.8 Å². The second kappa shape index (κ2) is 6.07. The summed E-state index contributed by atoms with van der Waals surface area (Å²) in [5, 5.41) is 8.67. The van der Waals surface area contributed by atoms with Crippen LogP contribution in [0.15, 0.2) is 65.7 Å². The summed E-state index contributed by atoms with van der Waals surface area (Å²) in [4.78, 5) is 17.5. The molecule has 1 saturated heterocycles. The molecule has 2 aliphatic rings. The number of fused-ring (bicyclic) bond motifs is 4. The highest BCUT2D eigenvalue weighted by molar-refractivity contribution is 6.07. The molecule has 4 nitrogen and oxygen atoms in total. The lowest BCUT2D eigenvalue weighted by molar-refractivity contribution is 0.102. The highest BCUT2D eigenvalue weighted by Crippen LogP contribution is 2.39. The number of amides is 1. The van der Waals surface area contributed by atoms with Gasteiger partial charge in [0.25, 0.3) is 5.91 Å². The van der Waals surface area contributed by atoms with E-state index in [-0.39, 0.29) is 5.91 Å². The summed E-state index contributed by atoms with van der Waals surface area (Å²) < 4.78 is 0. The lowest BCUT2D eigenvalue weighted by Crippen LogP contribution is -2.34. The van der Waals surface area contributed by atoms with E-state index >= 15 is 0 Å². The summed E-state index contributed by atoms with van der Waals surface area (Å²) in [5.74, 6) is 0.283. The Labute approximate surface area is 152 Å². The monoisotopic (exact) mass is 341 g/mol. The quantitative estimate of drug-likeness (QED) is 0.732. The zero-order valence-electron chi connectivity index (χ0n) is 14.3. The van der Waals surface area contributed by atoms with Crippen LogP contribution in [0.3, 0.4) is 0 Å². The first-order valence-corrected chi connectivity index (χ1v) is 9.00. The van der Waals surface area contributed by atoms with Crippen LogP contribution in [0, 0.1) is 0 Å². The Hall–Kier alpha value is -2.98. The van der Waals surface area contributed by atoms with E-state index in [0.29, 0.717) is 11.5 Å². The minimum atomic E-state index is -0.0783. The molecule has 4 heteroatoms. The maximum atomic E-state index is 12.7. The zero-order valence-corrected chi connectivity index (χ0v) is 14.3. The number of rotatable bonds is 2. The van der Waals surface area contributed by atoms with Crippen LogP contribution in [0.1, 0.15) is 28.3 Å². The second-order valence-electron chi connectivity index (χ2n) is 6.91. The molecule has 1 unspecified atom stereocenters. The van der Waals surface area contributed by atoms with Crippen LogP contribution in [-0.4, -0.2) is 24.7 Å². The van der Waals surface area contributed by atoms with Gasteiger partial charge < -0.3 is 10.6 Å². The second-order valence-corrected chi connectivity index (χ2v) is 6.91. The summed E-state index contributed by atoms with van der Waals surface area (Å²) in [6, 6.07) is 20.0. The first-order valence-electron chi connectivity index (χ1n) is 9.00. The Balaban J connectivity index is 1.41. The highest BCUT2D eigenvalue weighted by Gasteiger charge is 2.29. The molecule has 0 saturated carbocycles.